The van der Waals surface area contributed by atoms with Crippen LogP contribution in [0.5, 0.6) is 0 Å². The summed E-state index contributed by atoms with van der Waals surface area (Å²) in [5, 5.41) is 29.3. The van der Waals surface area contributed by atoms with Crippen LogP contribution in [0.25, 0.3) is 11.4 Å². The molecule has 0 fully saturated rings. The van der Waals surface area contributed by atoms with Gasteiger partial charge in [0, 0.05) is 30.4 Å². The summed E-state index contributed by atoms with van der Waals surface area (Å²) in [7, 11) is 0. The predicted molar refractivity (Wildman–Crippen MR) is 109 cm³/mol. The monoisotopic (exact) mass is 416 g/mol. The number of nitrogens with zero attached hydrogens (tertiary/aromatic N) is 10. The second kappa shape index (κ2) is 7.61. The van der Waals surface area contributed by atoms with Gasteiger partial charge >= 0.3 is 0 Å². The summed E-state index contributed by atoms with van der Waals surface area (Å²) in [6.07, 6.45) is 13.2. The van der Waals surface area contributed by atoms with Crippen LogP contribution in [0.15, 0.2) is 80.4 Å². The standard InChI is InChI=1S/C20H20N10O/c1-16(30-15-22-13-26-30)20(31,11-27-14-21-12-25-27)18-5-4-17(28-8-2-6-23-28)10-19(18)29-9-3-7-24-29/h2-10,12-16,31H,11H2,1H3/t16-,20-/m1/s1. The zero-order valence-electron chi connectivity index (χ0n) is 16.7. The van der Waals surface area contributed by atoms with E-state index in [-0.39, 0.29) is 6.54 Å². The molecule has 0 bridgehead atoms. The van der Waals surface area contributed by atoms with Gasteiger partial charge in [-0.2, -0.15) is 20.4 Å². The van der Waals surface area contributed by atoms with E-state index in [0.717, 1.165) is 5.69 Å². The average molecular weight is 416 g/mol. The third-order valence-corrected chi connectivity index (χ3v) is 5.36. The largest absolute Gasteiger partial charge is 0.381 e. The van der Waals surface area contributed by atoms with Crippen LogP contribution >= 0.6 is 0 Å². The van der Waals surface area contributed by atoms with E-state index >= 15 is 0 Å². The summed E-state index contributed by atoms with van der Waals surface area (Å²) in [6.45, 7) is 2.04. The number of aliphatic hydroxyl groups is 1. The zero-order valence-corrected chi connectivity index (χ0v) is 16.7. The van der Waals surface area contributed by atoms with E-state index in [0.29, 0.717) is 11.3 Å². The van der Waals surface area contributed by atoms with E-state index in [1.807, 2.05) is 49.6 Å². The van der Waals surface area contributed by atoms with Gasteiger partial charge in [0.25, 0.3) is 0 Å². The van der Waals surface area contributed by atoms with Crippen molar-refractivity contribution >= 4 is 0 Å². The van der Waals surface area contributed by atoms with E-state index in [2.05, 4.69) is 30.4 Å². The van der Waals surface area contributed by atoms with Crippen LogP contribution < -0.4 is 0 Å². The molecule has 0 spiro atoms. The highest BCUT2D eigenvalue weighted by molar-refractivity contribution is 5.51. The topological polar surface area (TPSA) is 117 Å². The Morgan fingerprint density at radius 3 is 2.32 bits per heavy atom. The van der Waals surface area contributed by atoms with Crippen molar-refractivity contribution in [2.45, 2.75) is 25.1 Å². The van der Waals surface area contributed by atoms with Crippen molar-refractivity contribution in [3.8, 4) is 11.4 Å². The summed E-state index contributed by atoms with van der Waals surface area (Å²) in [4.78, 5) is 8.06. The lowest BCUT2D eigenvalue weighted by molar-refractivity contribution is -0.0342. The molecule has 156 valence electrons. The number of hydrogen-bond donors (Lipinski definition) is 1. The van der Waals surface area contributed by atoms with Gasteiger partial charge in [-0.25, -0.2) is 28.7 Å². The molecule has 11 heteroatoms. The Balaban J connectivity index is 1.70. The van der Waals surface area contributed by atoms with Crippen molar-refractivity contribution in [3.63, 3.8) is 0 Å². The first-order valence-corrected chi connectivity index (χ1v) is 9.68. The van der Waals surface area contributed by atoms with Crippen molar-refractivity contribution < 1.29 is 5.11 Å². The van der Waals surface area contributed by atoms with E-state index in [9.17, 15) is 5.11 Å². The van der Waals surface area contributed by atoms with E-state index in [4.69, 9.17) is 0 Å². The van der Waals surface area contributed by atoms with Crippen LogP contribution in [0.3, 0.4) is 0 Å². The van der Waals surface area contributed by atoms with Gasteiger partial charge in [-0.15, -0.1) is 0 Å². The van der Waals surface area contributed by atoms with Gasteiger partial charge < -0.3 is 5.11 Å². The molecule has 0 aliphatic heterocycles. The maximum absolute atomic E-state index is 12.2. The number of aromatic nitrogens is 10. The van der Waals surface area contributed by atoms with Crippen molar-refractivity contribution in [1.82, 2.24) is 49.1 Å². The number of rotatable bonds is 7. The highest BCUT2D eigenvalue weighted by Gasteiger charge is 2.41. The Morgan fingerprint density at radius 1 is 0.935 bits per heavy atom. The quantitative estimate of drug-likeness (QED) is 0.426. The highest BCUT2D eigenvalue weighted by Crippen LogP contribution is 2.38. The number of benzene rings is 1. The third kappa shape index (κ3) is 3.40. The van der Waals surface area contributed by atoms with E-state index < -0.39 is 11.6 Å². The minimum atomic E-state index is -1.41. The van der Waals surface area contributed by atoms with E-state index in [1.54, 1.807) is 43.8 Å². The van der Waals surface area contributed by atoms with Crippen molar-refractivity contribution in [1.29, 1.82) is 0 Å². The van der Waals surface area contributed by atoms with Gasteiger partial charge in [-0.1, -0.05) is 6.07 Å². The molecule has 0 saturated heterocycles. The first-order valence-electron chi connectivity index (χ1n) is 9.68. The fourth-order valence-corrected chi connectivity index (χ4v) is 3.69. The lowest BCUT2D eigenvalue weighted by Gasteiger charge is -2.35. The average Bonchev–Trinajstić information content (AvgIpc) is 3.60. The van der Waals surface area contributed by atoms with Crippen molar-refractivity contribution in [3.05, 3.63) is 86.0 Å². The SMILES string of the molecule is C[C@@H](n1cncn1)[C@](O)(Cn1cncn1)c1ccc(-n2cccn2)cc1-n1cccn1. The molecule has 1 N–H and O–H groups in total. The molecule has 0 saturated carbocycles. The molecule has 11 nitrogen and oxygen atoms in total. The molecular weight excluding hydrogens is 396 g/mol. The van der Waals surface area contributed by atoms with Crippen LogP contribution in [0.2, 0.25) is 0 Å². The minimum Gasteiger partial charge on any atom is -0.381 e. The molecule has 0 aliphatic carbocycles. The second-order valence-electron chi connectivity index (χ2n) is 7.17. The predicted octanol–water partition coefficient (Wildman–Crippen LogP) is 1.39. The van der Waals surface area contributed by atoms with Gasteiger partial charge in [-0.05, 0) is 31.2 Å². The van der Waals surface area contributed by atoms with Gasteiger partial charge in [0.05, 0.1) is 24.0 Å². The van der Waals surface area contributed by atoms with Crippen LogP contribution in [-0.2, 0) is 12.1 Å². The fourth-order valence-electron chi connectivity index (χ4n) is 3.69. The van der Waals surface area contributed by atoms with Gasteiger partial charge in [-0.3, -0.25) is 0 Å². The Hall–Kier alpha value is -4.12. The molecule has 31 heavy (non-hydrogen) atoms. The first-order chi connectivity index (χ1) is 15.1. The lowest BCUT2D eigenvalue weighted by atomic mass is 9.85. The van der Waals surface area contributed by atoms with Crippen molar-refractivity contribution in [2.75, 3.05) is 0 Å². The second-order valence-corrected chi connectivity index (χ2v) is 7.17. The summed E-state index contributed by atoms with van der Waals surface area (Å²) in [6, 6.07) is 8.96. The van der Waals surface area contributed by atoms with Crippen LogP contribution in [0.1, 0.15) is 18.5 Å². The summed E-state index contributed by atoms with van der Waals surface area (Å²) in [5.41, 5.74) is 0.805. The lowest BCUT2D eigenvalue weighted by Crippen LogP contribution is -2.41. The molecule has 5 aromatic rings. The summed E-state index contributed by atoms with van der Waals surface area (Å²) in [5.74, 6) is 0. The van der Waals surface area contributed by atoms with Gasteiger partial charge in [0.2, 0.25) is 0 Å². The van der Waals surface area contributed by atoms with Crippen LogP contribution in [-0.4, -0.2) is 54.2 Å². The van der Waals surface area contributed by atoms with Crippen molar-refractivity contribution in [2.24, 2.45) is 0 Å². The highest BCUT2D eigenvalue weighted by atomic mass is 16.3. The zero-order chi connectivity index (χ0) is 21.3. The Kier molecular flexibility index (Phi) is 4.64. The molecule has 4 aromatic heterocycles. The molecule has 5 rings (SSSR count). The summed E-state index contributed by atoms with van der Waals surface area (Å²) >= 11 is 0. The maximum Gasteiger partial charge on any atom is 0.137 e. The minimum absolute atomic E-state index is 0.156. The molecule has 0 amide bonds. The molecule has 4 heterocycles. The molecule has 0 radical (unpaired) electrons. The van der Waals surface area contributed by atoms with Gasteiger partial charge in [0.1, 0.15) is 30.9 Å². The maximum atomic E-state index is 12.2. The molecule has 2 atom stereocenters. The Morgan fingerprint density at radius 2 is 1.68 bits per heavy atom. The first kappa shape index (κ1) is 18.9. The van der Waals surface area contributed by atoms with Crippen LogP contribution in [0.4, 0.5) is 0 Å². The molecule has 0 unspecified atom stereocenters. The molecule has 0 aliphatic rings. The normalized spacial score (nSPS) is 14.4. The molecular formula is C20H20N10O. The van der Waals surface area contributed by atoms with Gasteiger partial charge in [0.15, 0.2) is 0 Å². The molecule has 1 aromatic carbocycles. The summed E-state index contributed by atoms with van der Waals surface area (Å²) < 4.78 is 6.71. The fraction of sp³-hybridized carbons (Fsp3) is 0.200. The third-order valence-electron chi connectivity index (χ3n) is 5.36. The van der Waals surface area contributed by atoms with E-state index in [1.165, 1.54) is 12.7 Å². The van der Waals surface area contributed by atoms with Crippen LogP contribution in [0, 0.1) is 0 Å². The smallest absolute Gasteiger partial charge is 0.137 e. The Labute approximate surface area is 177 Å². The number of hydrogen-bond acceptors (Lipinski definition) is 7. The Bertz CT molecular complexity index is 1230.